The average molecular weight is 191 g/mol. The first-order chi connectivity index (χ1) is 6.45. The summed E-state index contributed by atoms with van der Waals surface area (Å²) in [4.78, 5) is 0. The minimum Gasteiger partial charge on any atom is -0.508 e. The number of hydrogen-bond acceptors (Lipinski definition) is 3. The maximum atomic E-state index is 9.60. The molecule has 1 N–H and O–H groups in total. The van der Waals surface area contributed by atoms with Gasteiger partial charge in [0.15, 0.2) is 0 Å². The van der Waals surface area contributed by atoms with E-state index in [1.807, 2.05) is 20.8 Å². The second kappa shape index (κ2) is 3.59. The second-order valence-corrected chi connectivity index (χ2v) is 4.12. The molecule has 0 atom stereocenters. The van der Waals surface area contributed by atoms with Gasteiger partial charge >= 0.3 is 0 Å². The van der Waals surface area contributed by atoms with Crippen molar-refractivity contribution in [3.63, 3.8) is 0 Å². The van der Waals surface area contributed by atoms with Crippen molar-refractivity contribution < 1.29 is 9.84 Å². The molecule has 0 spiro atoms. The van der Waals surface area contributed by atoms with Crippen LogP contribution in [0, 0.1) is 11.5 Å². The molecule has 0 radical (unpaired) electrons. The normalized spacial score (nSPS) is 10.7. The minimum atomic E-state index is -0.168. The third kappa shape index (κ3) is 2.17. The van der Waals surface area contributed by atoms with Gasteiger partial charge in [-0.3, -0.25) is 0 Å². The van der Waals surface area contributed by atoms with Gasteiger partial charge in [-0.2, -0.15) is 0 Å². The van der Waals surface area contributed by atoms with Gasteiger partial charge in [0, 0.05) is 5.56 Å². The molecule has 0 aliphatic rings. The van der Waals surface area contributed by atoms with Gasteiger partial charge in [0.2, 0.25) is 0 Å². The molecule has 0 unspecified atom stereocenters. The van der Waals surface area contributed by atoms with Gasteiger partial charge in [-0.05, 0) is 23.6 Å². The van der Waals surface area contributed by atoms with Gasteiger partial charge in [-0.15, -0.1) is 5.26 Å². The van der Waals surface area contributed by atoms with E-state index in [1.54, 1.807) is 18.4 Å². The average Bonchev–Trinajstić information content (AvgIpc) is 2.07. The predicted octanol–water partition coefficient (Wildman–Crippen LogP) is 2.55. The molecule has 0 fully saturated rings. The smallest absolute Gasteiger partial charge is 0.292 e. The van der Waals surface area contributed by atoms with Crippen LogP contribution in [0.5, 0.6) is 11.5 Å². The highest BCUT2D eigenvalue weighted by Gasteiger charge is 2.18. The van der Waals surface area contributed by atoms with Gasteiger partial charge in [0.25, 0.3) is 6.26 Å². The summed E-state index contributed by atoms with van der Waals surface area (Å²) in [5.41, 5.74) is 0.601. The predicted molar refractivity (Wildman–Crippen MR) is 53.0 cm³/mol. The van der Waals surface area contributed by atoms with E-state index in [4.69, 9.17) is 10.00 Å². The third-order valence-corrected chi connectivity index (χ3v) is 1.94. The minimum absolute atomic E-state index is 0.168. The lowest BCUT2D eigenvalue weighted by atomic mass is 9.86. The van der Waals surface area contributed by atoms with Crippen molar-refractivity contribution >= 4 is 0 Å². The summed E-state index contributed by atoms with van der Waals surface area (Å²) in [6.07, 6.45) is 1.60. The Kier molecular flexibility index (Phi) is 2.66. The fraction of sp³-hybridized carbons (Fsp3) is 0.364. The van der Waals surface area contributed by atoms with Gasteiger partial charge in [-0.25, -0.2) is 0 Å². The summed E-state index contributed by atoms with van der Waals surface area (Å²) in [6.45, 7) is 5.95. The van der Waals surface area contributed by atoms with Crippen LogP contribution in [0.15, 0.2) is 18.2 Å². The first kappa shape index (κ1) is 10.4. The molecule has 0 aliphatic heterocycles. The molecule has 0 aromatic heterocycles. The van der Waals surface area contributed by atoms with Crippen LogP contribution in [0.1, 0.15) is 26.3 Å². The maximum absolute atomic E-state index is 9.60. The zero-order valence-electron chi connectivity index (χ0n) is 8.53. The van der Waals surface area contributed by atoms with Crippen molar-refractivity contribution in [3.8, 4) is 17.8 Å². The summed E-state index contributed by atoms with van der Waals surface area (Å²) < 4.78 is 4.69. The van der Waals surface area contributed by atoms with Crippen LogP contribution in [0.4, 0.5) is 0 Å². The van der Waals surface area contributed by atoms with Gasteiger partial charge in [0.1, 0.15) is 11.5 Å². The number of phenolic OH excluding ortho intramolecular Hbond substituents is 1. The largest absolute Gasteiger partial charge is 0.508 e. The zero-order chi connectivity index (χ0) is 10.8. The Hall–Kier alpha value is -1.69. The van der Waals surface area contributed by atoms with Crippen LogP contribution in [0.25, 0.3) is 0 Å². The van der Waals surface area contributed by atoms with Crippen LogP contribution in [0.2, 0.25) is 0 Å². The SMILES string of the molecule is CC(C)(C)c1cc(OC#N)ccc1O. The molecule has 0 aliphatic carbocycles. The topological polar surface area (TPSA) is 53.2 Å². The second-order valence-electron chi connectivity index (χ2n) is 4.12. The Morgan fingerprint density at radius 2 is 2.00 bits per heavy atom. The summed E-state index contributed by atoms with van der Waals surface area (Å²) >= 11 is 0. The molecule has 74 valence electrons. The van der Waals surface area contributed by atoms with E-state index >= 15 is 0 Å². The summed E-state index contributed by atoms with van der Waals surface area (Å²) in [6, 6.07) is 4.78. The Morgan fingerprint density at radius 3 is 2.50 bits per heavy atom. The highest BCUT2D eigenvalue weighted by molar-refractivity contribution is 5.43. The monoisotopic (exact) mass is 191 g/mol. The molecule has 0 heterocycles. The molecule has 1 rings (SSSR count). The van der Waals surface area contributed by atoms with Crippen molar-refractivity contribution in [2.75, 3.05) is 0 Å². The summed E-state index contributed by atoms with van der Waals surface area (Å²) in [5.74, 6) is 0.679. The van der Waals surface area contributed by atoms with E-state index in [0.29, 0.717) is 5.75 Å². The lowest BCUT2D eigenvalue weighted by Gasteiger charge is -2.20. The molecular weight excluding hydrogens is 178 g/mol. The zero-order valence-corrected chi connectivity index (χ0v) is 8.53. The molecule has 0 amide bonds. The molecule has 0 saturated carbocycles. The highest BCUT2D eigenvalue weighted by Crippen LogP contribution is 2.33. The van der Waals surface area contributed by atoms with E-state index in [1.165, 1.54) is 6.07 Å². The van der Waals surface area contributed by atoms with Gasteiger partial charge in [0.05, 0.1) is 0 Å². The Bertz CT molecular complexity index is 372. The number of aromatic hydroxyl groups is 1. The molecule has 1 aromatic carbocycles. The van der Waals surface area contributed by atoms with Crippen molar-refractivity contribution in [2.24, 2.45) is 0 Å². The van der Waals surface area contributed by atoms with Crippen molar-refractivity contribution in [1.29, 1.82) is 5.26 Å². The number of nitriles is 1. The lowest BCUT2D eigenvalue weighted by Crippen LogP contribution is -2.11. The van der Waals surface area contributed by atoms with E-state index in [2.05, 4.69) is 0 Å². The highest BCUT2D eigenvalue weighted by atomic mass is 16.5. The van der Waals surface area contributed by atoms with Gasteiger partial charge < -0.3 is 9.84 Å². The van der Waals surface area contributed by atoms with Gasteiger partial charge in [-0.1, -0.05) is 20.8 Å². The number of nitrogens with zero attached hydrogens (tertiary/aromatic N) is 1. The fourth-order valence-corrected chi connectivity index (χ4v) is 1.23. The van der Waals surface area contributed by atoms with E-state index < -0.39 is 0 Å². The quantitative estimate of drug-likeness (QED) is 0.694. The summed E-state index contributed by atoms with van der Waals surface area (Å²) in [5, 5.41) is 17.9. The molecule has 3 nitrogen and oxygen atoms in total. The first-order valence-electron chi connectivity index (χ1n) is 4.34. The van der Waals surface area contributed by atoms with Crippen molar-refractivity contribution in [3.05, 3.63) is 23.8 Å². The van der Waals surface area contributed by atoms with Crippen molar-refractivity contribution in [1.82, 2.24) is 0 Å². The molecule has 1 aromatic rings. The molecule has 0 saturated heterocycles. The Balaban J connectivity index is 3.17. The molecule has 14 heavy (non-hydrogen) atoms. The molecule has 0 bridgehead atoms. The van der Waals surface area contributed by atoms with Crippen LogP contribution in [0.3, 0.4) is 0 Å². The number of benzene rings is 1. The third-order valence-electron chi connectivity index (χ3n) is 1.94. The molecular formula is C11H13NO2. The van der Waals surface area contributed by atoms with Crippen LogP contribution in [-0.2, 0) is 5.41 Å². The number of hydrogen-bond donors (Lipinski definition) is 1. The van der Waals surface area contributed by atoms with Crippen LogP contribution >= 0.6 is 0 Å². The Morgan fingerprint density at radius 1 is 1.36 bits per heavy atom. The first-order valence-corrected chi connectivity index (χ1v) is 4.34. The number of ether oxygens (including phenoxy) is 1. The standard InChI is InChI=1S/C11H13NO2/c1-11(2,3)9-6-8(14-7-12)4-5-10(9)13/h4-6,13H,1-3H3. The fourth-order valence-electron chi connectivity index (χ4n) is 1.23. The lowest BCUT2D eigenvalue weighted by molar-refractivity contribution is 0.440. The van der Waals surface area contributed by atoms with Crippen molar-refractivity contribution in [2.45, 2.75) is 26.2 Å². The van der Waals surface area contributed by atoms with Crippen LogP contribution < -0.4 is 4.74 Å². The summed E-state index contributed by atoms with van der Waals surface area (Å²) in [7, 11) is 0. The van der Waals surface area contributed by atoms with E-state index in [-0.39, 0.29) is 11.2 Å². The maximum Gasteiger partial charge on any atom is 0.292 e. The van der Waals surface area contributed by atoms with E-state index in [9.17, 15) is 5.11 Å². The van der Waals surface area contributed by atoms with E-state index in [0.717, 1.165) is 5.56 Å². The molecule has 3 heteroatoms. The van der Waals surface area contributed by atoms with Crippen LogP contribution in [-0.4, -0.2) is 5.11 Å². The number of phenols is 1. The number of rotatable bonds is 1. The Labute approximate surface area is 83.6 Å².